The molecule has 1 aromatic heterocycles. The Morgan fingerprint density at radius 2 is 1.68 bits per heavy atom. The predicted molar refractivity (Wildman–Crippen MR) is 178 cm³/mol. The van der Waals surface area contributed by atoms with E-state index in [4.69, 9.17) is 28.2 Å². The molecular formula is C34H28Cl2FN3O3S. The molecule has 5 aromatic rings. The Morgan fingerprint density at radius 1 is 0.977 bits per heavy atom. The molecule has 0 amide bonds. The van der Waals surface area contributed by atoms with Crippen molar-refractivity contribution >= 4 is 58.0 Å². The number of carboxylic acids is 1. The second-order valence-corrected chi connectivity index (χ2v) is 12.9. The zero-order valence-electron chi connectivity index (χ0n) is 23.8. The molecule has 0 radical (unpaired) electrons. The quantitative estimate of drug-likeness (QED) is 0.158. The number of rotatable bonds is 10. The van der Waals surface area contributed by atoms with Crippen molar-refractivity contribution in [3.63, 3.8) is 0 Å². The van der Waals surface area contributed by atoms with Gasteiger partial charge in [0.1, 0.15) is 22.6 Å². The zero-order chi connectivity index (χ0) is 31.4. The highest BCUT2D eigenvalue weighted by Crippen LogP contribution is 2.31. The van der Waals surface area contributed by atoms with Gasteiger partial charge >= 0.3 is 5.97 Å². The largest absolute Gasteiger partial charge is 0.478 e. The summed E-state index contributed by atoms with van der Waals surface area (Å²) in [6.45, 7) is 4.06. The van der Waals surface area contributed by atoms with E-state index in [-0.39, 0.29) is 16.5 Å². The third kappa shape index (κ3) is 7.45. The number of anilines is 1. The van der Waals surface area contributed by atoms with Crippen molar-refractivity contribution in [2.24, 2.45) is 0 Å². The number of imidazole rings is 1. The van der Waals surface area contributed by atoms with Crippen molar-refractivity contribution in [2.75, 3.05) is 4.72 Å². The number of nitrogens with zero attached hydrogens (tertiary/aromatic N) is 2. The van der Waals surface area contributed by atoms with Gasteiger partial charge in [0.15, 0.2) is 0 Å². The van der Waals surface area contributed by atoms with Crippen LogP contribution in [0.3, 0.4) is 0 Å². The monoisotopic (exact) mass is 647 g/mol. The van der Waals surface area contributed by atoms with Gasteiger partial charge in [0.25, 0.3) is 0 Å². The van der Waals surface area contributed by atoms with Gasteiger partial charge in [0.2, 0.25) is 0 Å². The van der Waals surface area contributed by atoms with Crippen molar-refractivity contribution in [3.05, 3.63) is 130 Å². The molecule has 224 valence electrons. The molecule has 0 saturated carbocycles. The van der Waals surface area contributed by atoms with Gasteiger partial charge in [-0.2, -0.15) is 0 Å². The van der Waals surface area contributed by atoms with Gasteiger partial charge in [-0.3, -0.25) is 0 Å². The minimum atomic E-state index is -1.40. The van der Waals surface area contributed by atoms with Crippen LogP contribution in [-0.2, 0) is 17.5 Å². The van der Waals surface area contributed by atoms with Crippen LogP contribution < -0.4 is 4.72 Å². The van der Waals surface area contributed by atoms with E-state index in [1.54, 1.807) is 62.4 Å². The number of aromatic nitrogens is 2. The highest BCUT2D eigenvalue weighted by atomic mass is 35.5. The number of benzene rings is 4. The number of hydrogen-bond donors (Lipinski definition) is 2. The fourth-order valence-corrected chi connectivity index (χ4v) is 5.55. The molecule has 2 N–H and O–H groups in total. The lowest BCUT2D eigenvalue weighted by Gasteiger charge is -2.11. The van der Waals surface area contributed by atoms with E-state index in [0.29, 0.717) is 28.1 Å². The number of carboxylic acid groups (broad SMARTS) is 1. The molecule has 0 fully saturated rings. The van der Waals surface area contributed by atoms with E-state index < -0.39 is 22.8 Å². The van der Waals surface area contributed by atoms with Gasteiger partial charge in [-0.25, -0.2) is 18.4 Å². The van der Waals surface area contributed by atoms with Crippen LogP contribution in [0.5, 0.6) is 0 Å². The molecule has 4 aromatic carbocycles. The topological polar surface area (TPSA) is 84.2 Å². The maximum absolute atomic E-state index is 14.4. The standard InChI is InChI=1S/C34H28Cl2FN3O3S/c1-21(2)44(43)39-31-17-26(12-15-30(31)37)24-8-3-22(4-9-24)7-16-33-38-32(28-14-13-27(35)18-29(28)36)20-40(33)19-23-5-10-25(11-6-23)34(41)42/h3-18,20-21,39H,19H2,1-2H3,(H,41,42)/b16-7+. The fraction of sp³-hybridized carbons (Fsp3) is 0.118. The summed E-state index contributed by atoms with van der Waals surface area (Å²) >= 11 is 12.6. The first-order chi connectivity index (χ1) is 21.1. The molecular weight excluding hydrogens is 620 g/mol. The minimum absolute atomic E-state index is 0.156. The molecule has 0 aliphatic carbocycles. The summed E-state index contributed by atoms with van der Waals surface area (Å²) in [6.07, 6.45) is 5.73. The summed E-state index contributed by atoms with van der Waals surface area (Å²) < 4.78 is 31.3. The molecule has 1 atom stereocenters. The molecule has 0 bridgehead atoms. The first kappa shape index (κ1) is 31.2. The average Bonchev–Trinajstić information content (AvgIpc) is 3.39. The van der Waals surface area contributed by atoms with E-state index in [0.717, 1.165) is 27.8 Å². The number of carbonyl (C=O) groups is 1. The molecule has 44 heavy (non-hydrogen) atoms. The zero-order valence-corrected chi connectivity index (χ0v) is 26.1. The van der Waals surface area contributed by atoms with Crippen molar-refractivity contribution < 1.29 is 18.5 Å². The Bertz CT molecular complexity index is 1870. The van der Waals surface area contributed by atoms with Crippen LogP contribution in [0.25, 0.3) is 34.5 Å². The van der Waals surface area contributed by atoms with Gasteiger partial charge in [-0.1, -0.05) is 71.7 Å². The lowest BCUT2D eigenvalue weighted by molar-refractivity contribution is 0.0697. The van der Waals surface area contributed by atoms with E-state index in [1.807, 2.05) is 53.2 Å². The normalized spacial score (nSPS) is 12.1. The lowest BCUT2D eigenvalue weighted by atomic mass is 10.0. The summed E-state index contributed by atoms with van der Waals surface area (Å²) in [5, 5.41) is 10.1. The SMILES string of the molecule is CC(C)S(=O)Nc1cc(-c2ccc(/C=C/c3nc(-c4ccc(Cl)cc4Cl)cn3Cc3ccc(C(=O)O)cc3)cc2)ccc1F. The molecule has 10 heteroatoms. The highest BCUT2D eigenvalue weighted by Gasteiger charge is 2.13. The van der Waals surface area contributed by atoms with E-state index in [2.05, 4.69) is 4.72 Å². The minimum Gasteiger partial charge on any atom is -0.478 e. The van der Waals surface area contributed by atoms with Gasteiger partial charge in [0.05, 0.1) is 22.0 Å². The number of hydrogen-bond acceptors (Lipinski definition) is 3. The Morgan fingerprint density at radius 3 is 2.34 bits per heavy atom. The summed E-state index contributed by atoms with van der Waals surface area (Å²) in [7, 11) is -1.40. The number of aromatic carboxylic acids is 1. The Labute approximate surface area is 267 Å². The van der Waals surface area contributed by atoms with Gasteiger partial charge < -0.3 is 14.4 Å². The molecule has 5 rings (SSSR count). The highest BCUT2D eigenvalue weighted by molar-refractivity contribution is 7.86. The first-order valence-electron chi connectivity index (χ1n) is 13.7. The van der Waals surface area contributed by atoms with Gasteiger partial charge in [0, 0.05) is 28.6 Å². The Balaban J connectivity index is 1.42. The molecule has 1 heterocycles. The second-order valence-electron chi connectivity index (χ2n) is 10.3. The molecule has 0 aliphatic heterocycles. The Kier molecular flexibility index (Phi) is 9.64. The first-order valence-corrected chi connectivity index (χ1v) is 15.6. The summed E-state index contributed by atoms with van der Waals surface area (Å²) in [4.78, 5) is 16.1. The van der Waals surface area contributed by atoms with E-state index in [1.165, 1.54) is 6.07 Å². The third-order valence-corrected chi connectivity index (χ3v) is 8.67. The Hall–Kier alpha value is -4.24. The lowest BCUT2D eigenvalue weighted by Crippen LogP contribution is -2.15. The van der Waals surface area contributed by atoms with Crippen LogP contribution in [0.4, 0.5) is 10.1 Å². The van der Waals surface area contributed by atoms with Crippen molar-refractivity contribution in [1.82, 2.24) is 9.55 Å². The maximum atomic E-state index is 14.4. The molecule has 0 saturated heterocycles. The maximum Gasteiger partial charge on any atom is 0.335 e. The fourth-order valence-electron chi connectivity index (χ4n) is 4.43. The van der Waals surface area contributed by atoms with Crippen LogP contribution in [-0.4, -0.2) is 30.1 Å². The number of nitrogens with one attached hydrogen (secondary N) is 1. The van der Waals surface area contributed by atoms with Crippen LogP contribution in [0.2, 0.25) is 10.0 Å². The van der Waals surface area contributed by atoms with Crippen LogP contribution in [0, 0.1) is 5.82 Å². The summed E-state index contributed by atoms with van der Waals surface area (Å²) in [5.74, 6) is -0.771. The van der Waals surface area contributed by atoms with E-state index in [9.17, 15) is 18.5 Å². The van der Waals surface area contributed by atoms with Gasteiger partial charge in [-0.05, 0) is 84.6 Å². The van der Waals surface area contributed by atoms with E-state index >= 15 is 0 Å². The van der Waals surface area contributed by atoms with Crippen molar-refractivity contribution in [3.8, 4) is 22.4 Å². The van der Waals surface area contributed by atoms with Crippen LogP contribution in [0.1, 0.15) is 41.2 Å². The van der Waals surface area contributed by atoms with Crippen LogP contribution in [0.15, 0.2) is 91.1 Å². The summed E-state index contributed by atoms with van der Waals surface area (Å²) in [6, 6.07) is 24.4. The third-order valence-electron chi connectivity index (χ3n) is 6.84. The predicted octanol–water partition coefficient (Wildman–Crippen LogP) is 9.06. The molecule has 1 unspecified atom stereocenters. The molecule has 0 spiro atoms. The average molecular weight is 649 g/mol. The number of halogens is 3. The second kappa shape index (κ2) is 13.6. The smallest absolute Gasteiger partial charge is 0.335 e. The van der Waals surface area contributed by atoms with Crippen LogP contribution >= 0.6 is 23.2 Å². The molecule has 0 aliphatic rings. The molecule has 6 nitrogen and oxygen atoms in total. The van der Waals surface area contributed by atoms with Crippen molar-refractivity contribution in [2.45, 2.75) is 25.6 Å². The summed E-state index contributed by atoms with van der Waals surface area (Å²) in [5.41, 5.74) is 5.32. The van der Waals surface area contributed by atoms with Gasteiger partial charge in [-0.15, -0.1) is 0 Å². The van der Waals surface area contributed by atoms with Crippen molar-refractivity contribution in [1.29, 1.82) is 0 Å².